The van der Waals surface area contributed by atoms with Gasteiger partial charge in [0.25, 0.3) is 5.91 Å². The van der Waals surface area contributed by atoms with Gasteiger partial charge in [-0.15, -0.1) is 11.8 Å². The molecule has 2 heterocycles. The van der Waals surface area contributed by atoms with Gasteiger partial charge in [0.15, 0.2) is 0 Å². The van der Waals surface area contributed by atoms with E-state index in [9.17, 15) is 14.4 Å². The van der Waals surface area contributed by atoms with Gasteiger partial charge in [-0.2, -0.15) is 0 Å². The van der Waals surface area contributed by atoms with Gasteiger partial charge in [-0.1, -0.05) is 13.8 Å². The molecule has 2 fully saturated rings. The number of carbonyl (C=O) groups excluding carboxylic acids is 3. The quantitative estimate of drug-likeness (QED) is 0.596. The van der Waals surface area contributed by atoms with E-state index < -0.39 is 12.0 Å². The zero-order valence-electron chi connectivity index (χ0n) is 14.8. The molecule has 3 rings (SSSR count). The number of rotatable bonds is 5. The van der Waals surface area contributed by atoms with Crippen molar-refractivity contribution in [1.29, 1.82) is 0 Å². The fourth-order valence-corrected chi connectivity index (χ4v) is 4.76. The van der Waals surface area contributed by atoms with Crippen LogP contribution >= 0.6 is 11.8 Å². The van der Waals surface area contributed by atoms with Crippen LogP contribution in [-0.2, 0) is 19.1 Å². The number of hydrogen-bond acceptors (Lipinski definition) is 5. The Hall–Kier alpha value is -1.50. The first-order valence-electron chi connectivity index (χ1n) is 9.16. The van der Waals surface area contributed by atoms with Gasteiger partial charge in [-0.05, 0) is 44.1 Å². The van der Waals surface area contributed by atoms with Crippen LogP contribution in [-0.4, -0.2) is 46.0 Å². The molecular weight excluding hydrogens is 340 g/mol. The summed E-state index contributed by atoms with van der Waals surface area (Å²) in [5.74, 6) is 0.588. The normalized spacial score (nSPS) is 31.5. The van der Waals surface area contributed by atoms with Gasteiger partial charge in [0.1, 0.15) is 23.2 Å². The van der Waals surface area contributed by atoms with E-state index in [2.05, 4.69) is 12.2 Å². The first kappa shape index (κ1) is 18.3. The summed E-state index contributed by atoms with van der Waals surface area (Å²) in [5.41, 5.74) is 0.341. The Morgan fingerprint density at radius 3 is 2.72 bits per heavy atom. The second-order valence-electron chi connectivity index (χ2n) is 7.10. The Balaban J connectivity index is 1.58. The number of thioether (sulfide) groups is 1. The average Bonchev–Trinajstić information content (AvgIpc) is 2.61. The zero-order chi connectivity index (χ0) is 18.0. The summed E-state index contributed by atoms with van der Waals surface area (Å²) in [6.45, 7) is 4.14. The van der Waals surface area contributed by atoms with Crippen LogP contribution in [0.4, 0.5) is 0 Å². The Labute approximate surface area is 152 Å². The molecule has 1 aliphatic carbocycles. The maximum Gasteiger partial charge on any atom is 0.355 e. The highest BCUT2D eigenvalue weighted by atomic mass is 32.2. The van der Waals surface area contributed by atoms with Crippen LogP contribution in [0.1, 0.15) is 52.4 Å². The van der Waals surface area contributed by atoms with Crippen molar-refractivity contribution >= 4 is 29.5 Å². The Morgan fingerprint density at radius 1 is 1.32 bits per heavy atom. The molecule has 1 N–H and O–H groups in total. The third-order valence-electron chi connectivity index (χ3n) is 5.09. The van der Waals surface area contributed by atoms with E-state index in [0.717, 1.165) is 32.1 Å². The summed E-state index contributed by atoms with van der Waals surface area (Å²) in [6.07, 6.45) is 6.79. The molecule has 1 unspecified atom stereocenters. The molecule has 0 aromatic heterocycles. The summed E-state index contributed by atoms with van der Waals surface area (Å²) in [6, 6.07) is -0.531. The lowest BCUT2D eigenvalue weighted by Gasteiger charge is -2.48. The van der Waals surface area contributed by atoms with Crippen LogP contribution < -0.4 is 5.32 Å². The number of hydrogen-bond donors (Lipinski definition) is 1. The van der Waals surface area contributed by atoms with E-state index in [4.69, 9.17) is 4.74 Å². The van der Waals surface area contributed by atoms with Crippen molar-refractivity contribution < 1.29 is 19.1 Å². The summed E-state index contributed by atoms with van der Waals surface area (Å²) in [5, 5.41) is 2.58. The van der Waals surface area contributed by atoms with Crippen LogP contribution in [0.2, 0.25) is 0 Å². The van der Waals surface area contributed by atoms with E-state index in [1.807, 2.05) is 6.92 Å². The molecule has 0 radical (unpaired) electrons. The first-order valence-corrected chi connectivity index (χ1v) is 10.2. The SMILES string of the molecule is CCCC(=O)NC1C(=O)N2C(C(=O)OC3CCC(C)CC3)=CCS[C@H]12. The molecule has 0 aromatic carbocycles. The maximum atomic E-state index is 12.5. The molecule has 7 heteroatoms. The monoisotopic (exact) mass is 366 g/mol. The topological polar surface area (TPSA) is 75.7 Å². The fraction of sp³-hybridized carbons (Fsp3) is 0.722. The van der Waals surface area contributed by atoms with Gasteiger partial charge in [0.2, 0.25) is 5.91 Å². The van der Waals surface area contributed by atoms with Crippen molar-refractivity contribution in [3.63, 3.8) is 0 Å². The molecule has 2 aliphatic heterocycles. The van der Waals surface area contributed by atoms with Crippen LogP contribution in [0, 0.1) is 5.92 Å². The van der Waals surface area contributed by atoms with Crippen LogP contribution in [0.5, 0.6) is 0 Å². The summed E-state index contributed by atoms with van der Waals surface area (Å²) in [4.78, 5) is 38.2. The minimum Gasteiger partial charge on any atom is -0.458 e. The Bertz CT molecular complexity index is 584. The second-order valence-corrected chi connectivity index (χ2v) is 8.25. The molecule has 1 saturated carbocycles. The van der Waals surface area contributed by atoms with Gasteiger partial charge in [-0.25, -0.2) is 4.79 Å². The van der Waals surface area contributed by atoms with Crippen molar-refractivity contribution in [2.45, 2.75) is 69.9 Å². The molecule has 6 nitrogen and oxygen atoms in total. The first-order chi connectivity index (χ1) is 12.0. The second kappa shape index (κ2) is 7.81. The van der Waals surface area contributed by atoms with Crippen molar-refractivity contribution in [2.75, 3.05) is 5.75 Å². The minimum atomic E-state index is -0.531. The predicted molar refractivity (Wildman–Crippen MR) is 95.5 cm³/mol. The summed E-state index contributed by atoms with van der Waals surface area (Å²) < 4.78 is 5.64. The van der Waals surface area contributed by atoms with Gasteiger partial charge < -0.3 is 10.1 Å². The standard InChI is InChI=1S/C18H26N2O4S/c1-3-4-14(21)19-15-16(22)20-13(9-10-25-17(15)20)18(23)24-12-7-5-11(2)6-8-12/h9,11-12,15,17H,3-8,10H2,1-2H3,(H,19,21)/t11?,12?,15?,17-/m1/s1. The number of fused-ring (bicyclic) bond motifs is 1. The number of nitrogens with one attached hydrogen (secondary N) is 1. The van der Waals surface area contributed by atoms with Crippen molar-refractivity contribution in [3.05, 3.63) is 11.8 Å². The third kappa shape index (κ3) is 3.86. The van der Waals surface area contributed by atoms with Gasteiger partial charge in [-0.3, -0.25) is 14.5 Å². The zero-order valence-corrected chi connectivity index (χ0v) is 15.6. The maximum absolute atomic E-state index is 12.5. The van der Waals surface area contributed by atoms with Gasteiger partial charge >= 0.3 is 5.97 Å². The summed E-state index contributed by atoms with van der Waals surface area (Å²) in [7, 11) is 0. The van der Waals surface area contributed by atoms with Crippen molar-refractivity contribution in [1.82, 2.24) is 10.2 Å². The lowest BCUT2D eigenvalue weighted by atomic mass is 9.89. The lowest BCUT2D eigenvalue weighted by Crippen LogP contribution is -2.70. The van der Waals surface area contributed by atoms with Crippen molar-refractivity contribution in [3.8, 4) is 0 Å². The predicted octanol–water partition coefficient (Wildman–Crippen LogP) is 2.19. The molecule has 0 spiro atoms. The van der Waals surface area contributed by atoms with Gasteiger partial charge in [0, 0.05) is 12.2 Å². The fourth-order valence-electron chi connectivity index (χ4n) is 3.56. The highest BCUT2D eigenvalue weighted by molar-refractivity contribution is 8.00. The van der Waals surface area contributed by atoms with E-state index in [1.54, 1.807) is 17.8 Å². The molecule has 2 atom stereocenters. The van der Waals surface area contributed by atoms with E-state index in [1.165, 1.54) is 4.90 Å². The molecule has 138 valence electrons. The highest BCUT2D eigenvalue weighted by Crippen LogP contribution is 2.38. The van der Waals surface area contributed by atoms with Crippen LogP contribution in [0.15, 0.2) is 11.8 Å². The lowest BCUT2D eigenvalue weighted by molar-refractivity contribution is -0.156. The molecule has 1 saturated heterocycles. The number of amides is 2. The number of ether oxygens (including phenoxy) is 1. The number of carbonyl (C=O) groups is 3. The van der Waals surface area contributed by atoms with E-state index in [-0.39, 0.29) is 23.3 Å². The molecule has 25 heavy (non-hydrogen) atoms. The minimum absolute atomic E-state index is 0.0472. The molecule has 3 aliphatic rings. The highest BCUT2D eigenvalue weighted by Gasteiger charge is 2.53. The molecule has 0 aromatic rings. The van der Waals surface area contributed by atoms with Gasteiger partial charge in [0.05, 0.1) is 0 Å². The number of esters is 1. The third-order valence-corrected chi connectivity index (χ3v) is 6.27. The largest absolute Gasteiger partial charge is 0.458 e. The number of nitrogens with zero attached hydrogens (tertiary/aromatic N) is 1. The number of β-lactam (4-membered cyclic amide) rings is 1. The molecular formula is C18H26N2O4S. The molecule has 2 amide bonds. The van der Waals surface area contributed by atoms with E-state index >= 15 is 0 Å². The average molecular weight is 366 g/mol. The Kier molecular flexibility index (Phi) is 5.71. The van der Waals surface area contributed by atoms with Crippen molar-refractivity contribution in [2.24, 2.45) is 5.92 Å². The Morgan fingerprint density at radius 2 is 2.04 bits per heavy atom. The van der Waals surface area contributed by atoms with E-state index in [0.29, 0.717) is 23.8 Å². The smallest absolute Gasteiger partial charge is 0.355 e. The molecule has 0 bridgehead atoms. The summed E-state index contributed by atoms with van der Waals surface area (Å²) >= 11 is 1.56. The van der Waals surface area contributed by atoms with Crippen LogP contribution in [0.3, 0.4) is 0 Å². The van der Waals surface area contributed by atoms with Crippen LogP contribution in [0.25, 0.3) is 0 Å².